The Morgan fingerprint density at radius 2 is 1.00 bits per heavy atom. The van der Waals surface area contributed by atoms with Crippen LogP contribution in [0.5, 0.6) is 0 Å². The van der Waals surface area contributed by atoms with Crippen molar-refractivity contribution in [3.8, 4) is 0 Å². The molecule has 316 valence electrons. The van der Waals surface area contributed by atoms with Crippen LogP contribution >= 0.6 is 7.82 Å². The molecule has 0 aliphatic carbocycles. The van der Waals surface area contributed by atoms with Gasteiger partial charge in [0, 0.05) is 12.8 Å². The minimum atomic E-state index is -4.63. The van der Waals surface area contributed by atoms with Crippen molar-refractivity contribution in [3.63, 3.8) is 0 Å². The molecule has 0 rings (SSSR count). The number of ether oxygens (including phenoxy) is 2. The number of carbonyl (C=O) groups excluding carboxylic acids is 2. The second-order valence-corrected chi connectivity index (χ2v) is 15.1. The highest BCUT2D eigenvalue weighted by molar-refractivity contribution is 7.47. The van der Waals surface area contributed by atoms with Crippen molar-refractivity contribution in [2.24, 2.45) is 0 Å². The van der Waals surface area contributed by atoms with Crippen LogP contribution in [-0.4, -0.2) is 65.7 Å². The number of unbranched alkanes of at least 4 members (excludes halogenated alkanes) is 12. The van der Waals surface area contributed by atoms with E-state index in [-0.39, 0.29) is 19.4 Å². The van der Waals surface area contributed by atoms with Crippen LogP contribution in [0.25, 0.3) is 0 Å². The summed E-state index contributed by atoms with van der Waals surface area (Å²) in [5, 5.41) is 18.3. The van der Waals surface area contributed by atoms with E-state index in [0.717, 1.165) is 96.3 Å². The third-order valence-electron chi connectivity index (χ3n) is 8.34. The summed E-state index contributed by atoms with van der Waals surface area (Å²) in [5.74, 6) is -0.976. The molecule has 0 bridgehead atoms. The van der Waals surface area contributed by atoms with Gasteiger partial charge in [0.25, 0.3) is 0 Å². The Morgan fingerprint density at radius 1 is 0.564 bits per heavy atom. The smallest absolute Gasteiger partial charge is 0.462 e. The van der Waals surface area contributed by atoms with E-state index in [0.29, 0.717) is 12.8 Å². The summed E-state index contributed by atoms with van der Waals surface area (Å²) in [6.45, 7) is 2.17. The molecule has 0 saturated heterocycles. The summed E-state index contributed by atoms with van der Waals surface area (Å²) < 4.78 is 32.6. The number of rotatable bonds is 38. The maximum Gasteiger partial charge on any atom is 0.472 e. The molecule has 0 spiro atoms. The topological polar surface area (TPSA) is 149 Å². The molecule has 0 aromatic carbocycles. The first-order valence-corrected chi connectivity index (χ1v) is 22.4. The fraction of sp³-hybridized carbons (Fsp3) is 0.682. The first-order chi connectivity index (χ1) is 26.7. The summed E-state index contributed by atoms with van der Waals surface area (Å²) in [6, 6.07) is 0. The molecule has 0 aromatic rings. The molecule has 0 amide bonds. The van der Waals surface area contributed by atoms with E-state index >= 15 is 0 Å². The fourth-order valence-electron chi connectivity index (χ4n) is 5.13. The van der Waals surface area contributed by atoms with Crippen LogP contribution in [0, 0.1) is 0 Å². The van der Waals surface area contributed by atoms with Gasteiger partial charge >= 0.3 is 19.8 Å². The van der Waals surface area contributed by atoms with Crippen molar-refractivity contribution < 1.29 is 47.8 Å². The van der Waals surface area contributed by atoms with E-state index in [9.17, 15) is 24.2 Å². The van der Waals surface area contributed by atoms with Crippen LogP contribution in [-0.2, 0) is 32.7 Å². The van der Waals surface area contributed by atoms with Crippen LogP contribution in [0.3, 0.4) is 0 Å². The molecule has 11 heteroatoms. The highest BCUT2D eigenvalue weighted by atomic mass is 31.2. The number of esters is 2. The summed E-state index contributed by atoms with van der Waals surface area (Å²) in [4.78, 5) is 34.9. The standard InChI is InChI=1S/C44H75O10P/c1-3-5-7-9-11-13-15-17-19-20-22-24-26-28-30-32-34-36-44(48)54-42(40-53-55(49,50)52-38-41(46)37-45)39-51-43(47)35-33-31-29-27-25-23-21-18-16-14-12-10-8-6-4-2/h5,7,11-14,17-19,21-22,24,41-42,45-46H,3-4,6,8-10,15-16,20,23,25-40H2,1-2H3,(H,49,50). The Kier molecular flexibility index (Phi) is 37.8. The molecule has 3 atom stereocenters. The number of hydrogen-bond donors (Lipinski definition) is 3. The lowest BCUT2D eigenvalue weighted by Crippen LogP contribution is -2.29. The van der Waals surface area contributed by atoms with Crippen LogP contribution in [0.4, 0.5) is 0 Å². The zero-order valence-corrected chi connectivity index (χ0v) is 35.0. The Labute approximate surface area is 333 Å². The van der Waals surface area contributed by atoms with E-state index in [1.807, 2.05) is 0 Å². The molecule has 3 unspecified atom stereocenters. The molecule has 0 fully saturated rings. The van der Waals surface area contributed by atoms with Gasteiger partial charge in [-0.1, -0.05) is 132 Å². The number of allylic oxidation sites excluding steroid dienone is 12. The minimum Gasteiger partial charge on any atom is -0.462 e. The van der Waals surface area contributed by atoms with Gasteiger partial charge < -0.3 is 24.6 Å². The minimum absolute atomic E-state index is 0.149. The molecule has 0 saturated carbocycles. The fourth-order valence-corrected chi connectivity index (χ4v) is 5.92. The zero-order chi connectivity index (χ0) is 40.5. The van der Waals surface area contributed by atoms with Crippen LogP contribution in [0.1, 0.15) is 155 Å². The van der Waals surface area contributed by atoms with Crippen LogP contribution < -0.4 is 0 Å². The van der Waals surface area contributed by atoms with Gasteiger partial charge in [-0.3, -0.25) is 18.6 Å². The van der Waals surface area contributed by atoms with E-state index < -0.39 is 51.8 Å². The Bertz CT molecular complexity index is 1140. The van der Waals surface area contributed by atoms with E-state index in [1.165, 1.54) is 19.3 Å². The Balaban J connectivity index is 4.41. The maximum atomic E-state index is 12.6. The second kappa shape index (κ2) is 39.6. The number of hydrogen-bond acceptors (Lipinski definition) is 9. The largest absolute Gasteiger partial charge is 0.472 e. The van der Waals surface area contributed by atoms with E-state index in [2.05, 4.69) is 91.3 Å². The van der Waals surface area contributed by atoms with Gasteiger partial charge in [-0.15, -0.1) is 0 Å². The predicted octanol–water partition coefficient (Wildman–Crippen LogP) is 10.9. The number of aliphatic hydroxyl groups excluding tert-OH is 2. The summed E-state index contributed by atoms with van der Waals surface area (Å²) >= 11 is 0. The van der Waals surface area contributed by atoms with Crippen LogP contribution in [0.15, 0.2) is 72.9 Å². The van der Waals surface area contributed by atoms with Gasteiger partial charge in [0.05, 0.1) is 19.8 Å². The Morgan fingerprint density at radius 3 is 1.51 bits per heavy atom. The number of phosphoric ester groups is 1. The van der Waals surface area contributed by atoms with Gasteiger partial charge in [-0.2, -0.15) is 0 Å². The molecule has 55 heavy (non-hydrogen) atoms. The second-order valence-electron chi connectivity index (χ2n) is 13.6. The van der Waals surface area contributed by atoms with E-state index in [4.69, 9.17) is 19.1 Å². The van der Waals surface area contributed by atoms with Crippen molar-refractivity contribution in [1.82, 2.24) is 0 Å². The zero-order valence-electron chi connectivity index (χ0n) is 34.1. The molecule has 0 aliphatic rings. The summed E-state index contributed by atoms with van der Waals surface area (Å²) in [5.41, 5.74) is 0. The maximum absolute atomic E-state index is 12.6. The monoisotopic (exact) mass is 795 g/mol. The Hall–Kier alpha value is -2.59. The number of carbonyl (C=O) groups is 2. The molecular formula is C44H75O10P. The van der Waals surface area contributed by atoms with Crippen molar-refractivity contribution in [3.05, 3.63) is 72.9 Å². The van der Waals surface area contributed by atoms with E-state index in [1.54, 1.807) is 0 Å². The summed E-state index contributed by atoms with van der Waals surface area (Å²) in [7, 11) is -4.63. The normalized spacial score (nSPS) is 14.6. The number of phosphoric acid groups is 1. The third kappa shape index (κ3) is 39.4. The van der Waals surface area contributed by atoms with Gasteiger partial charge in [0.1, 0.15) is 12.7 Å². The molecule has 0 radical (unpaired) electrons. The average molecular weight is 795 g/mol. The van der Waals surface area contributed by atoms with Gasteiger partial charge in [-0.25, -0.2) is 4.57 Å². The summed E-state index contributed by atoms with van der Waals surface area (Å²) in [6.07, 6.45) is 44.3. The third-order valence-corrected chi connectivity index (χ3v) is 9.30. The number of aliphatic hydroxyl groups is 2. The van der Waals surface area contributed by atoms with Gasteiger partial charge in [-0.05, 0) is 83.5 Å². The lowest BCUT2D eigenvalue weighted by Gasteiger charge is -2.20. The SMILES string of the molecule is CCC=CCC=CCC=CCC=CCCCCCCC(=O)OC(COC(=O)CCCCCCCC=CCC=CCCCCC)COP(=O)(O)OCC(O)CO. The van der Waals surface area contributed by atoms with Crippen molar-refractivity contribution in [1.29, 1.82) is 0 Å². The molecular weight excluding hydrogens is 719 g/mol. The highest BCUT2D eigenvalue weighted by Crippen LogP contribution is 2.43. The van der Waals surface area contributed by atoms with Gasteiger partial charge in [0.2, 0.25) is 0 Å². The quantitative estimate of drug-likeness (QED) is 0.0239. The molecule has 0 heterocycles. The average Bonchev–Trinajstić information content (AvgIpc) is 3.17. The molecule has 0 aliphatic heterocycles. The lowest BCUT2D eigenvalue weighted by molar-refractivity contribution is -0.161. The van der Waals surface area contributed by atoms with Gasteiger partial charge in [0.15, 0.2) is 6.10 Å². The van der Waals surface area contributed by atoms with Crippen molar-refractivity contribution in [2.75, 3.05) is 26.4 Å². The predicted molar refractivity (Wildman–Crippen MR) is 223 cm³/mol. The molecule has 3 N–H and O–H groups in total. The van der Waals surface area contributed by atoms with Crippen molar-refractivity contribution >= 4 is 19.8 Å². The lowest BCUT2D eigenvalue weighted by atomic mass is 10.1. The van der Waals surface area contributed by atoms with Crippen molar-refractivity contribution in [2.45, 2.75) is 167 Å². The highest BCUT2D eigenvalue weighted by Gasteiger charge is 2.27. The first-order valence-electron chi connectivity index (χ1n) is 20.9. The van der Waals surface area contributed by atoms with Crippen LogP contribution in [0.2, 0.25) is 0 Å². The molecule has 0 aromatic heterocycles. The molecule has 10 nitrogen and oxygen atoms in total. The first kappa shape index (κ1) is 52.4.